The first-order valence-electron chi connectivity index (χ1n) is 11.5. The van der Waals surface area contributed by atoms with Crippen LogP contribution in [0.25, 0.3) is 11.1 Å². The van der Waals surface area contributed by atoms with Crippen LogP contribution in [0.15, 0.2) is 84.9 Å². The Labute approximate surface area is 199 Å². The summed E-state index contributed by atoms with van der Waals surface area (Å²) in [7, 11) is 0. The van der Waals surface area contributed by atoms with Crippen LogP contribution in [0.4, 0.5) is 5.82 Å². The van der Waals surface area contributed by atoms with Crippen molar-refractivity contribution in [3.63, 3.8) is 0 Å². The number of carbonyl (C=O) groups excluding carboxylic acids is 1. The lowest BCUT2D eigenvalue weighted by molar-refractivity contribution is -0.120. The summed E-state index contributed by atoms with van der Waals surface area (Å²) < 4.78 is 13.9. The number of amides is 1. The van der Waals surface area contributed by atoms with E-state index >= 15 is 0 Å². The molecule has 0 saturated heterocycles. The molecule has 0 saturated carbocycles. The van der Waals surface area contributed by atoms with Gasteiger partial charge >= 0.3 is 0 Å². The van der Waals surface area contributed by atoms with Gasteiger partial charge in [0.1, 0.15) is 23.9 Å². The summed E-state index contributed by atoms with van der Waals surface area (Å²) in [5.41, 5.74) is 3.83. The summed E-state index contributed by atoms with van der Waals surface area (Å²) in [6.45, 7) is 3.82. The number of carbonyl (C=O) groups is 1. The van der Waals surface area contributed by atoms with Gasteiger partial charge in [-0.15, -0.1) is 0 Å². The van der Waals surface area contributed by atoms with Gasteiger partial charge in [0.25, 0.3) is 5.91 Å². The Hall–Kier alpha value is -4.06. The third-order valence-corrected chi connectivity index (χ3v) is 5.91. The maximum atomic E-state index is 13.3. The first-order chi connectivity index (χ1) is 16.7. The van der Waals surface area contributed by atoms with Gasteiger partial charge in [0.15, 0.2) is 6.61 Å². The van der Waals surface area contributed by atoms with Crippen LogP contribution < -0.4 is 14.4 Å². The summed E-state index contributed by atoms with van der Waals surface area (Å²) >= 11 is 0. The largest absolute Gasteiger partial charge is 0.488 e. The molecule has 0 aliphatic carbocycles. The number of anilines is 1. The third-order valence-electron chi connectivity index (χ3n) is 5.91. The van der Waals surface area contributed by atoms with Crippen molar-refractivity contribution in [2.75, 3.05) is 18.1 Å². The highest BCUT2D eigenvalue weighted by Gasteiger charge is 2.30. The van der Waals surface area contributed by atoms with E-state index in [9.17, 15) is 4.79 Å². The zero-order valence-corrected chi connectivity index (χ0v) is 19.2. The molecule has 0 bridgehead atoms. The molecule has 2 heterocycles. The van der Waals surface area contributed by atoms with Crippen LogP contribution in [0.1, 0.15) is 17.7 Å². The molecule has 5 rings (SSSR count). The zero-order valence-electron chi connectivity index (χ0n) is 19.2. The molecule has 0 atom stereocenters. The van der Waals surface area contributed by atoms with Crippen LogP contribution in [0, 0.1) is 6.92 Å². The highest BCUT2D eigenvalue weighted by Crippen LogP contribution is 2.41. The predicted molar refractivity (Wildman–Crippen MR) is 132 cm³/mol. The molecule has 3 aromatic carbocycles. The van der Waals surface area contributed by atoms with Crippen LogP contribution in [0.5, 0.6) is 11.5 Å². The van der Waals surface area contributed by atoms with Gasteiger partial charge in [0, 0.05) is 18.7 Å². The zero-order chi connectivity index (χ0) is 23.3. The summed E-state index contributed by atoms with van der Waals surface area (Å²) in [5, 5.41) is 4.76. The summed E-state index contributed by atoms with van der Waals surface area (Å²) in [4.78, 5) is 15.1. The molecule has 6 heteroatoms. The van der Waals surface area contributed by atoms with E-state index in [0.29, 0.717) is 18.9 Å². The lowest BCUT2D eigenvalue weighted by Gasteiger charge is -2.29. The second-order valence-corrected chi connectivity index (χ2v) is 8.28. The van der Waals surface area contributed by atoms with Crippen LogP contribution in [-0.4, -0.2) is 28.8 Å². The van der Waals surface area contributed by atoms with E-state index in [1.807, 2.05) is 96.5 Å². The van der Waals surface area contributed by atoms with Gasteiger partial charge in [-0.1, -0.05) is 66.7 Å². The van der Waals surface area contributed by atoms with Crippen molar-refractivity contribution >= 4 is 11.7 Å². The van der Waals surface area contributed by atoms with Crippen molar-refractivity contribution in [3.05, 3.63) is 96.2 Å². The second kappa shape index (κ2) is 9.83. The number of benzene rings is 3. The van der Waals surface area contributed by atoms with Gasteiger partial charge in [0.2, 0.25) is 0 Å². The first-order valence-corrected chi connectivity index (χ1v) is 11.5. The molecule has 1 aromatic heterocycles. The minimum atomic E-state index is -0.0892. The number of nitrogens with zero attached hydrogens (tertiary/aromatic N) is 3. The highest BCUT2D eigenvalue weighted by molar-refractivity contribution is 5.99. The Balaban J connectivity index is 1.44. The SMILES string of the molecule is Cc1nn2c(c1-c1ccccc1OCc1ccccc1)N(C(=O)COc1ccccc1)CCC2. The monoisotopic (exact) mass is 453 g/mol. The number of hydrogen-bond acceptors (Lipinski definition) is 4. The van der Waals surface area contributed by atoms with Gasteiger partial charge in [-0.25, -0.2) is 4.68 Å². The second-order valence-electron chi connectivity index (χ2n) is 8.28. The van der Waals surface area contributed by atoms with Gasteiger partial charge in [0.05, 0.1) is 11.3 Å². The minimum Gasteiger partial charge on any atom is -0.488 e. The molecule has 0 N–H and O–H groups in total. The molecule has 1 amide bonds. The topological polar surface area (TPSA) is 56.6 Å². The standard InChI is InChI=1S/C28H27N3O3/c1-21-27(24-15-8-9-16-25(24)34-19-22-11-4-2-5-12-22)28-30(17-10-18-31(28)29-21)26(32)20-33-23-13-6-3-7-14-23/h2-9,11-16H,10,17-20H2,1H3. The van der Waals surface area contributed by atoms with E-state index < -0.39 is 0 Å². The summed E-state index contributed by atoms with van der Waals surface area (Å²) in [6, 6.07) is 27.4. The average Bonchev–Trinajstić information content (AvgIpc) is 3.23. The molecule has 172 valence electrons. The van der Waals surface area contributed by atoms with Gasteiger partial charge in [-0.2, -0.15) is 5.10 Å². The minimum absolute atomic E-state index is 0.0279. The molecule has 0 spiro atoms. The maximum absolute atomic E-state index is 13.3. The number of hydrogen-bond donors (Lipinski definition) is 0. The molecular weight excluding hydrogens is 426 g/mol. The van der Waals surface area contributed by atoms with Crippen molar-refractivity contribution in [1.82, 2.24) is 9.78 Å². The number of aryl methyl sites for hydroxylation is 2. The fourth-order valence-corrected chi connectivity index (χ4v) is 4.32. The lowest BCUT2D eigenvalue weighted by Crippen LogP contribution is -2.40. The van der Waals surface area contributed by atoms with Gasteiger partial charge in [-0.05, 0) is 37.1 Å². The van der Waals surface area contributed by atoms with E-state index in [2.05, 4.69) is 0 Å². The van der Waals surface area contributed by atoms with E-state index in [1.165, 1.54) is 0 Å². The Morgan fingerprint density at radius 1 is 0.882 bits per heavy atom. The Morgan fingerprint density at radius 3 is 2.38 bits per heavy atom. The normalized spacial score (nSPS) is 12.8. The maximum Gasteiger partial charge on any atom is 0.266 e. The molecule has 0 radical (unpaired) electrons. The first kappa shape index (κ1) is 21.8. The van der Waals surface area contributed by atoms with Crippen LogP contribution in [-0.2, 0) is 17.9 Å². The van der Waals surface area contributed by atoms with Crippen LogP contribution in [0.3, 0.4) is 0 Å². The van der Waals surface area contributed by atoms with E-state index in [-0.39, 0.29) is 12.5 Å². The molecule has 0 fully saturated rings. The van der Waals surface area contributed by atoms with Gasteiger partial charge in [-0.3, -0.25) is 9.69 Å². The third kappa shape index (κ3) is 4.53. The van der Waals surface area contributed by atoms with Crippen molar-refractivity contribution in [2.45, 2.75) is 26.5 Å². The number of para-hydroxylation sites is 2. The van der Waals surface area contributed by atoms with Crippen LogP contribution >= 0.6 is 0 Å². The summed E-state index contributed by atoms with van der Waals surface area (Å²) in [5.74, 6) is 2.16. The van der Waals surface area contributed by atoms with Gasteiger partial charge < -0.3 is 9.47 Å². The number of aromatic nitrogens is 2. The molecular formula is C28H27N3O3. The number of fused-ring (bicyclic) bond motifs is 1. The predicted octanol–water partition coefficient (Wildman–Crippen LogP) is 5.25. The quantitative estimate of drug-likeness (QED) is 0.383. The van der Waals surface area contributed by atoms with Crippen LogP contribution in [0.2, 0.25) is 0 Å². The molecule has 0 unspecified atom stereocenters. The van der Waals surface area contributed by atoms with Crippen molar-refractivity contribution in [1.29, 1.82) is 0 Å². The molecule has 4 aromatic rings. The average molecular weight is 454 g/mol. The number of rotatable bonds is 7. The molecule has 1 aliphatic rings. The van der Waals surface area contributed by atoms with Crippen molar-refractivity contribution < 1.29 is 14.3 Å². The molecule has 6 nitrogen and oxygen atoms in total. The highest BCUT2D eigenvalue weighted by atomic mass is 16.5. The van der Waals surface area contributed by atoms with E-state index in [4.69, 9.17) is 14.6 Å². The summed E-state index contributed by atoms with van der Waals surface area (Å²) in [6.07, 6.45) is 0.844. The smallest absolute Gasteiger partial charge is 0.266 e. The fraction of sp³-hybridized carbons (Fsp3) is 0.214. The van der Waals surface area contributed by atoms with Crippen molar-refractivity contribution in [3.8, 4) is 22.6 Å². The molecule has 1 aliphatic heterocycles. The lowest BCUT2D eigenvalue weighted by atomic mass is 10.0. The molecule has 34 heavy (non-hydrogen) atoms. The Kier molecular flexibility index (Phi) is 6.29. The number of ether oxygens (including phenoxy) is 2. The fourth-order valence-electron chi connectivity index (χ4n) is 4.32. The van der Waals surface area contributed by atoms with E-state index in [0.717, 1.165) is 46.9 Å². The van der Waals surface area contributed by atoms with Crippen molar-refractivity contribution in [2.24, 2.45) is 0 Å². The van der Waals surface area contributed by atoms with E-state index in [1.54, 1.807) is 4.90 Å². The Morgan fingerprint density at radius 2 is 1.59 bits per heavy atom. The Bertz CT molecular complexity index is 1270.